The molecule has 0 radical (unpaired) electrons. The average molecular weight is 362 g/mol. The molecule has 0 saturated heterocycles. The number of fused-ring (bicyclic) bond motifs is 1. The number of carbonyl (C=O) groups excluding carboxylic acids is 1. The number of carbonyl (C=O) groups is 1. The van der Waals surface area contributed by atoms with Gasteiger partial charge in [0.05, 0.1) is 6.54 Å². The molecule has 0 saturated carbocycles. The lowest BCUT2D eigenvalue weighted by atomic mass is 10.2. The van der Waals surface area contributed by atoms with Gasteiger partial charge in [-0.3, -0.25) is 19.9 Å². The molecule has 2 heterocycles. The summed E-state index contributed by atoms with van der Waals surface area (Å²) in [5, 5.41) is 4.07. The predicted molar refractivity (Wildman–Crippen MR) is 95.1 cm³/mol. The van der Waals surface area contributed by atoms with Crippen LogP contribution in [0.2, 0.25) is 5.02 Å². The maximum atomic E-state index is 12.3. The number of hydrogen-bond acceptors (Lipinski definition) is 3. The highest BCUT2D eigenvalue weighted by atomic mass is 35.5. The lowest BCUT2D eigenvalue weighted by Crippen LogP contribution is -2.37. The monoisotopic (exact) mass is 361 g/mol. The van der Waals surface area contributed by atoms with Gasteiger partial charge in [0.25, 0.3) is 5.91 Å². The van der Waals surface area contributed by atoms with Crippen molar-refractivity contribution in [3.63, 3.8) is 0 Å². The van der Waals surface area contributed by atoms with Gasteiger partial charge in [-0.05, 0) is 42.0 Å². The van der Waals surface area contributed by atoms with Gasteiger partial charge in [-0.25, -0.2) is 4.99 Å². The first-order valence-corrected chi connectivity index (χ1v) is 7.81. The number of pyridine rings is 1. The summed E-state index contributed by atoms with van der Waals surface area (Å²) < 4.78 is 0. The normalized spacial score (nSPS) is 11.5. The van der Waals surface area contributed by atoms with Gasteiger partial charge in [0.2, 0.25) is 5.96 Å². The minimum absolute atomic E-state index is 0.162. The quantitative estimate of drug-likeness (QED) is 0.380. The first-order chi connectivity index (χ1) is 11.7. The number of guanidine groups is 1. The second-order valence-electron chi connectivity index (χ2n) is 4.98. The Morgan fingerprint density at radius 3 is 2.75 bits per heavy atom. The molecule has 3 N–H and O–H groups in total. The number of nitrogens with one attached hydrogen (secondary N) is 3. The van der Waals surface area contributed by atoms with Crippen molar-refractivity contribution >= 4 is 46.1 Å². The van der Waals surface area contributed by atoms with Gasteiger partial charge in [0.1, 0.15) is 5.69 Å². The number of aromatic amines is 1. The van der Waals surface area contributed by atoms with Gasteiger partial charge in [0.15, 0.2) is 0 Å². The third-order valence-electron chi connectivity index (χ3n) is 3.32. The Morgan fingerprint density at radius 2 is 2.00 bits per heavy atom. The summed E-state index contributed by atoms with van der Waals surface area (Å²) in [5.41, 5.74) is 2.15. The van der Waals surface area contributed by atoms with E-state index in [1.807, 2.05) is 18.2 Å². The summed E-state index contributed by atoms with van der Waals surface area (Å²) in [6, 6.07) is 10.7. The molecular weight excluding hydrogens is 349 g/mol. The van der Waals surface area contributed by atoms with E-state index in [-0.39, 0.29) is 11.9 Å². The van der Waals surface area contributed by atoms with Gasteiger partial charge in [-0.1, -0.05) is 11.6 Å². The molecule has 122 valence electrons. The molecule has 3 aromatic rings. The number of rotatable bonds is 3. The van der Waals surface area contributed by atoms with E-state index < -0.39 is 0 Å². The maximum absolute atomic E-state index is 12.3. The number of H-pyrrole nitrogens is 1. The van der Waals surface area contributed by atoms with Crippen molar-refractivity contribution in [2.45, 2.75) is 6.54 Å². The van der Waals surface area contributed by atoms with Gasteiger partial charge < -0.3 is 4.98 Å². The molecule has 1 amide bonds. The highest BCUT2D eigenvalue weighted by Crippen LogP contribution is 2.20. The molecule has 6 nitrogen and oxygen atoms in total. The molecule has 0 fully saturated rings. The summed E-state index contributed by atoms with van der Waals surface area (Å²) >= 11 is 11.6. The van der Waals surface area contributed by atoms with Crippen LogP contribution in [0.3, 0.4) is 0 Å². The Morgan fingerprint density at radius 1 is 1.21 bits per heavy atom. The Balaban J connectivity index is 1.73. The largest absolute Gasteiger partial charge is 0.351 e. The van der Waals surface area contributed by atoms with E-state index in [4.69, 9.17) is 23.4 Å². The lowest BCUT2D eigenvalue weighted by Gasteiger charge is -2.05. The number of nitrogens with zero attached hydrogens (tertiary/aromatic N) is 2. The summed E-state index contributed by atoms with van der Waals surface area (Å²) in [5.74, 6) is -0.195. The van der Waals surface area contributed by atoms with E-state index in [2.05, 4.69) is 25.1 Å². The number of aromatic nitrogens is 2. The highest BCUT2D eigenvalue weighted by molar-refractivity contribution is 6.31. The Kier molecular flexibility index (Phi) is 4.98. The summed E-state index contributed by atoms with van der Waals surface area (Å²) in [6.07, 6.45) is 3.35. The Labute approximate surface area is 148 Å². The number of aliphatic imine (C=N–C) groups is 1. The van der Waals surface area contributed by atoms with Crippen molar-refractivity contribution in [3.05, 3.63) is 65.1 Å². The SMILES string of the molecule is O=C(NC(=NCc1ccncc1)NCl)c1cc2cc(Cl)ccc2[nH]1. The van der Waals surface area contributed by atoms with Gasteiger partial charge >= 0.3 is 0 Å². The standard InChI is InChI=1S/C16H13Cl2N5O/c17-12-1-2-13-11(7-12)8-14(21-13)15(24)22-16(23-18)20-9-10-3-5-19-6-4-10/h1-8,21H,9H2,(H2,20,22,23,24). The molecule has 0 unspecified atom stereocenters. The third kappa shape index (κ3) is 3.84. The maximum Gasteiger partial charge on any atom is 0.274 e. The van der Waals surface area contributed by atoms with Crippen LogP contribution in [0.4, 0.5) is 0 Å². The van der Waals surface area contributed by atoms with Crippen LogP contribution >= 0.6 is 23.4 Å². The zero-order chi connectivity index (χ0) is 16.9. The van der Waals surface area contributed by atoms with Crippen LogP contribution < -0.4 is 10.2 Å². The first kappa shape index (κ1) is 16.3. The van der Waals surface area contributed by atoms with E-state index in [1.54, 1.807) is 30.6 Å². The second-order valence-corrected chi connectivity index (χ2v) is 5.61. The Hall–Kier alpha value is -2.57. The molecular formula is C16H13Cl2N5O. The van der Waals surface area contributed by atoms with Crippen LogP contribution in [0.25, 0.3) is 10.9 Å². The van der Waals surface area contributed by atoms with Crippen LogP contribution in [0.1, 0.15) is 16.1 Å². The average Bonchev–Trinajstić information content (AvgIpc) is 3.02. The first-order valence-electron chi connectivity index (χ1n) is 7.05. The van der Waals surface area contributed by atoms with E-state index >= 15 is 0 Å². The molecule has 0 aliphatic rings. The molecule has 24 heavy (non-hydrogen) atoms. The van der Waals surface area contributed by atoms with E-state index in [9.17, 15) is 4.79 Å². The number of amides is 1. The van der Waals surface area contributed by atoms with Crippen molar-refractivity contribution < 1.29 is 4.79 Å². The summed E-state index contributed by atoms with van der Waals surface area (Å²) in [7, 11) is 0. The third-order valence-corrected chi connectivity index (χ3v) is 3.73. The fraction of sp³-hybridized carbons (Fsp3) is 0.0625. The van der Waals surface area contributed by atoms with Crippen molar-refractivity contribution in [2.75, 3.05) is 0 Å². The van der Waals surface area contributed by atoms with Crippen LogP contribution in [-0.4, -0.2) is 21.8 Å². The topological polar surface area (TPSA) is 82.2 Å². The van der Waals surface area contributed by atoms with Crippen molar-refractivity contribution in [3.8, 4) is 0 Å². The van der Waals surface area contributed by atoms with Crippen molar-refractivity contribution in [2.24, 2.45) is 4.99 Å². The van der Waals surface area contributed by atoms with Crippen molar-refractivity contribution in [1.29, 1.82) is 0 Å². The second kappa shape index (κ2) is 7.33. The minimum Gasteiger partial charge on any atom is -0.351 e. The molecule has 1 aromatic carbocycles. The molecule has 0 atom stereocenters. The zero-order valence-electron chi connectivity index (χ0n) is 12.4. The Bertz CT molecular complexity index is 892. The predicted octanol–water partition coefficient (Wildman–Crippen LogP) is 3.25. The van der Waals surface area contributed by atoms with Crippen LogP contribution in [0, 0.1) is 0 Å². The van der Waals surface area contributed by atoms with E-state index in [0.717, 1.165) is 16.5 Å². The molecule has 0 spiro atoms. The van der Waals surface area contributed by atoms with Crippen LogP contribution in [0.5, 0.6) is 0 Å². The summed E-state index contributed by atoms with van der Waals surface area (Å²) in [6.45, 7) is 0.361. The number of halogens is 2. The fourth-order valence-corrected chi connectivity index (χ4v) is 2.44. The molecule has 3 rings (SSSR count). The molecule has 8 heteroatoms. The lowest BCUT2D eigenvalue weighted by molar-refractivity contribution is 0.0972. The van der Waals surface area contributed by atoms with Crippen LogP contribution in [-0.2, 0) is 6.54 Å². The fourth-order valence-electron chi connectivity index (χ4n) is 2.15. The molecule has 0 bridgehead atoms. The smallest absolute Gasteiger partial charge is 0.274 e. The highest BCUT2D eigenvalue weighted by Gasteiger charge is 2.12. The molecule has 0 aliphatic heterocycles. The van der Waals surface area contributed by atoms with Gasteiger partial charge in [-0.2, -0.15) is 0 Å². The summed E-state index contributed by atoms with van der Waals surface area (Å²) in [4.78, 5) is 25.9. The van der Waals surface area contributed by atoms with Gasteiger partial charge in [-0.15, -0.1) is 0 Å². The number of benzene rings is 1. The minimum atomic E-state index is -0.357. The molecule has 0 aliphatic carbocycles. The van der Waals surface area contributed by atoms with Crippen LogP contribution in [0.15, 0.2) is 53.8 Å². The number of hydrogen-bond donors (Lipinski definition) is 3. The van der Waals surface area contributed by atoms with E-state index in [1.165, 1.54) is 0 Å². The van der Waals surface area contributed by atoms with E-state index in [0.29, 0.717) is 17.3 Å². The van der Waals surface area contributed by atoms with Crippen molar-refractivity contribution in [1.82, 2.24) is 20.1 Å². The van der Waals surface area contributed by atoms with Gasteiger partial charge in [0, 0.05) is 40.1 Å². The molecule has 2 aromatic heterocycles. The zero-order valence-corrected chi connectivity index (χ0v) is 13.9.